The van der Waals surface area contributed by atoms with E-state index in [0.29, 0.717) is 29.5 Å². The van der Waals surface area contributed by atoms with E-state index in [1.165, 1.54) is 24.8 Å². The lowest BCUT2D eigenvalue weighted by Gasteiger charge is -2.23. The summed E-state index contributed by atoms with van der Waals surface area (Å²) in [4.78, 5) is 6.15. The second-order valence-electron chi connectivity index (χ2n) is 9.07. The summed E-state index contributed by atoms with van der Waals surface area (Å²) in [5, 5.41) is 5.30. The predicted octanol–water partition coefficient (Wildman–Crippen LogP) is 4.18. The van der Waals surface area contributed by atoms with Crippen LogP contribution in [0.4, 0.5) is 15.2 Å². The summed E-state index contributed by atoms with van der Waals surface area (Å²) in [5.74, 6) is -0.233. The van der Waals surface area contributed by atoms with Crippen molar-refractivity contribution in [3.8, 4) is 0 Å². The van der Waals surface area contributed by atoms with Crippen LogP contribution in [0.3, 0.4) is 0 Å². The number of nitrogens with one attached hydrogen (secondary N) is 2. The third-order valence-corrected chi connectivity index (χ3v) is 8.40. The van der Waals surface area contributed by atoms with Crippen molar-refractivity contribution in [1.29, 1.82) is 0 Å². The van der Waals surface area contributed by atoms with Crippen molar-refractivity contribution in [1.82, 2.24) is 9.88 Å². The fourth-order valence-corrected chi connectivity index (χ4v) is 6.74. The van der Waals surface area contributed by atoms with Crippen LogP contribution in [-0.4, -0.2) is 44.0 Å². The Morgan fingerprint density at radius 2 is 2.17 bits per heavy atom. The lowest BCUT2D eigenvalue weighted by atomic mass is 9.86. The number of hydrogen-bond acceptors (Lipinski definition) is 6. The number of aromatic nitrogens is 1. The van der Waals surface area contributed by atoms with Crippen LogP contribution in [0.2, 0.25) is 0 Å². The molecule has 30 heavy (non-hydrogen) atoms. The summed E-state index contributed by atoms with van der Waals surface area (Å²) in [6.07, 6.45) is 4.43. The maximum Gasteiger partial charge on any atom is 0.266 e. The Morgan fingerprint density at radius 1 is 1.37 bits per heavy atom. The molecule has 4 rings (SSSR count). The molecule has 9 heteroatoms. The quantitative estimate of drug-likeness (QED) is 0.659. The first-order valence-electron chi connectivity index (χ1n) is 10.4. The molecule has 0 saturated carbocycles. The molecule has 2 aliphatic rings. The highest BCUT2D eigenvalue weighted by Crippen LogP contribution is 2.42. The predicted molar refractivity (Wildman–Crippen MR) is 119 cm³/mol. The number of fused-ring (bicyclic) bond motifs is 1. The number of benzene rings is 1. The molecule has 6 nitrogen and oxygen atoms in total. The minimum atomic E-state index is -4.03. The van der Waals surface area contributed by atoms with Crippen molar-refractivity contribution in [2.75, 3.05) is 29.7 Å². The van der Waals surface area contributed by atoms with Crippen LogP contribution < -0.4 is 10.0 Å². The molecule has 1 aromatic carbocycles. The molecule has 2 aromatic rings. The largest absolute Gasteiger partial charge is 0.384 e. The van der Waals surface area contributed by atoms with E-state index in [-0.39, 0.29) is 10.0 Å². The fraction of sp³-hybridized carbons (Fsp3) is 0.571. The van der Waals surface area contributed by atoms with Gasteiger partial charge >= 0.3 is 0 Å². The van der Waals surface area contributed by atoms with Gasteiger partial charge in [-0.1, -0.05) is 20.8 Å². The molecule has 1 aromatic heterocycles. The second kappa shape index (κ2) is 8.09. The SMILES string of the molecule is CCc1cc(S(=O)(=O)Nc2nccs2)c(F)cc1NC[C@@H]1CCN2CC(C)(C)CC12. The van der Waals surface area contributed by atoms with Gasteiger partial charge in [0.25, 0.3) is 10.0 Å². The average Bonchev–Trinajstić information content (AvgIpc) is 3.36. The summed E-state index contributed by atoms with van der Waals surface area (Å²) >= 11 is 1.15. The lowest BCUT2D eigenvalue weighted by Crippen LogP contribution is -2.29. The number of nitrogens with zero attached hydrogens (tertiary/aromatic N) is 2. The molecule has 0 spiro atoms. The Hall–Kier alpha value is -1.71. The zero-order chi connectivity index (χ0) is 21.5. The van der Waals surface area contributed by atoms with Crippen molar-refractivity contribution >= 4 is 32.2 Å². The van der Waals surface area contributed by atoms with Crippen molar-refractivity contribution in [3.05, 3.63) is 35.1 Å². The first-order valence-corrected chi connectivity index (χ1v) is 12.8. The van der Waals surface area contributed by atoms with Gasteiger partial charge in [0, 0.05) is 36.4 Å². The maximum absolute atomic E-state index is 14.8. The van der Waals surface area contributed by atoms with Gasteiger partial charge in [-0.3, -0.25) is 9.62 Å². The van der Waals surface area contributed by atoms with Gasteiger partial charge in [-0.25, -0.2) is 17.8 Å². The molecule has 0 bridgehead atoms. The van der Waals surface area contributed by atoms with E-state index >= 15 is 0 Å². The minimum Gasteiger partial charge on any atom is -0.384 e. The number of hydrogen-bond donors (Lipinski definition) is 2. The molecular weight excluding hydrogens is 423 g/mol. The molecule has 1 unspecified atom stereocenters. The average molecular weight is 453 g/mol. The van der Waals surface area contributed by atoms with Gasteiger partial charge in [-0.15, -0.1) is 11.3 Å². The molecule has 0 amide bonds. The standard InChI is InChI=1S/C21H29FN4O2S2/c1-4-14-9-19(30(27,28)25-20-23-6-8-29-20)16(22)10-17(14)24-12-15-5-7-26-13-21(2,3)11-18(15)26/h6,8-10,15,18,24H,4-5,7,11-13H2,1-3H3,(H,23,25)/t15-,18?/m0/s1. The van der Waals surface area contributed by atoms with E-state index in [2.05, 4.69) is 33.8 Å². The van der Waals surface area contributed by atoms with Crippen LogP contribution in [0, 0.1) is 17.2 Å². The van der Waals surface area contributed by atoms with Crippen molar-refractivity contribution in [3.63, 3.8) is 0 Å². The summed E-state index contributed by atoms with van der Waals surface area (Å²) in [7, 11) is -4.03. The molecule has 2 fully saturated rings. The number of anilines is 2. The smallest absolute Gasteiger partial charge is 0.266 e. The van der Waals surface area contributed by atoms with Crippen LogP contribution >= 0.6 is 11.3 Å². The number of halogens is 1. The van der Waals surface area contributed by atoms with Gasteiger partial charge < -0.3 is 5.32 Å². The lowest BCUT2D eigenvalue weighted by molar-refractivity contribution is 0.284. The normalized spacial score (nSPS) is 23.5. The van der Waals surface area contributed by atoms with Crippen LogP contribution in [0.1, 0.15) is 39.2 Å². The van der Waals surface area contributed by atoms with Gasteiger partial charge in [0.1, 0.15) is 10.7 Å². The summed E-state index contributed by atoms with van der Waals surface area (Å²) in [6, 6.07) is 3.33. The van der Waals surface area contributed by atoms with Gasteiger partial charge in [-0.2, -0.15) is 0 Å². The number of aryl methyl sites for hydroxylation is 1. The summed E-state index contributed by atoms with van der Waals surface area (Å²) < 4.78 is 42.5. The highest BCUT2D eigenvalue weighted by molar-refractivity contribution is 7.93. The molecule has 0 aliphatic carbocycles. The van der Waals surface area contributed by atoms with Gasteiger partial charge in [0.05, 0.1) is 0 Å². The molecule has 2 N–H and O–H groups in total. The Labute approximate surface area is 182 Å². The third-order valence-electron chi connectivity index (χ3n) is 6.23. The number of thiazole rings is 1. The molecule has 0 radical (unpaired) electrons. The Balaban J connectivity index is 1.50. The third kappa shape index (κ3) is 4.33. The van der Waals surface area contributed by atoms with Crippen molar-refractivity contribution < 1.29 is 12.8 Å². The maximum atomic E-state index is 14.8. The van der Waals surface area contributed by atoms with Gasteiger partial charge in [0.15, 0.2) is 5.13 Å². The van der Waals surface area contributed by atoms with Crippen LogP contribution in [0.15, 0.2) is 28.6 Å². The fourth-order valence-electron chi connectivity index (χ4n) is 4.84. The van der Waals surface area contributed by atoms with Crippen LogP contribution in [-0.2, 0) is 16.4 Å². The van der Waals surface area contributed by atoms with Crippen LogP contribution in [0.5, 0.6) is 0 Å². The van der Waals surface area contributed by atoms with E-state index in [0.717, 1.165) is 43.0 Å². The molecular formula is C21H29FN4O2S2. The first-order chi connectivity index (χ1) is 14.2. The zero-order valence-corrected chi connectivity index (χ0v) is 19.2. The minimum absolute atomic E-state index is 0.222. The van der Waals surface area contributed by atoms with Crippen molar-refractivity contribution in [2.24, 2.45) is 11.3 Å². The first kappa shape index (κ1) is 21.5. The molecule has 3 heterocycles. The molecule has 2 atom stereocenters. The van der Waals surface area contributed by atoms with E-state index < -0.39 is 15.8 Å². The number of rotatable bonds is 7. The zero-order valence-electron chi connectivity index (χ0n) is 17.6. The second-order valence-corrected chi connectivity index (χ2v) is 11.6. The Morgan fingerprint density at radius 3 is 2.87 bits per heavy atom. The van der Waals surface area contributed by atoms with Crippen molar-refractivity contribution in [2.45, 2.75) is 51.0 Å². The summed E-state index contributed by atoms with van der Waals surface area (Å²) in [6.45, 7) is 9.61. The van der Waals surface area contributed by atoms with Gasteiger partial charge in [0.2, 0.25) is 0 Å². The number of sulfonamides is 1. The monoisotopic (exact) mass is 452 g/mol. The highest BCUT2D eigenvalue weighted by atomic mass is 32.2. The van der Waals surface area contributed by atoms with E-state index in [1.54, 1.807) is 5.38 Å². The molecule has 164 valence electrons. The molecule has 2 aliphatic heterocycles. The van der Waals surface area contributed by atoms with E-state index in [9.17, 15) is 12.8 Å². The van der Waals surface area contributed by atoms with Crippen LogP contribution in [0.25, 0.3) is 0 Å². The topological polar surface area (TPSA) is 74.3 Å². The molecule has 2 saturated heterocycles. The van der Waals surface area contributed by atoms with Gasteiger partial charge in [-0.05, 0) is 54.8 Å². The van der Waals surface area contributed by atoms with E-state index in [1.807, 2.05) is 6.92 Å². The Kier molecular flexibility index (Phi) is 5.80. The summed E-state index contributed by atoms with van der Waals surface area (Å²) in [5.41, 5.74) is 1.82. The highest BCUT2D eigenvalue weighted by Gasteiger charge is 2.44. The Bertz CT molecular complexity index is 1010. The van der Waals surface area contributed by atoms with E-state index in [4.69, 9.17) is 0 Å².